The summed E-state index contributed by atoms with van der Waals surface area (Å²) in [6.45, 7) is 2.29. The second kappa shape index (κ2) is 7.06. The predicted molar refractivity (Wildman–Crippen MR) is 91.5 cm³/mol. The summed E-state index contributed by atoms with van der Waals surface area (Å²) >= 11 is 0. The fourth-order valence-electron chi connectivity index (χ4n) is 2.93. The number of morpholine rings is 1. The van der Waals surface area contributed by atoms with Crippen molar-refractivity contribution in [3.63, 3.8) is 0 Å². The number of ether oxygens (including phenoxy) is 1. The third-order valence-electron chi connectivity index (χ3n) is 4.54. The van der Waals surface area contributed by atoms with Crippen molar-refractivity contribution in [2.24, 2.45) is 7.05 Å². The maximum atomic E-state index is 12.9. The largest absolute Gasteiger partial charge is 0.356 e. The Bertz CT molecular complexity index is 772. The lowest BCUT2D eigenvalue weighted by Crippen LogP contribution is -2.52. The minimum atomic E-state index is -0.748. The van der Waals surface area contributed by atoms with Gasteiger partial charge in [0.25, 0.3) is 5.91 Å². The average molecular weight is 342 g/mol. The second-order valence-corrected chi connectivity index (χ2v) is 6.26. The first-order valence-electron chi connectivity index (χ1n) is 8.15. The van der Waals surface area contributed by atoms with Crippen LogP contribution in [0.15, 0.2) is 36.5 Å². The topological polar surface area (TPSA) is 76.5 Å². The van der Waals surface area contributed by atoms with Crippen molar-refractivity contribution in [3.05, 3.63) is 53.3 Å². The molecule has 0 spiro atoms. The molecule has 1 aromatic carbocycles. The van der Waals surface area contributed by atoms with E-state index >= 15 is 0 Å². The molecule has 2 amide bonds. The number of aryl methyl sites for hydroxylation is 1. The van der Waals surface area contributed by atoms with E-state index in [2.05, 4.69) is 10.4 Å². The normalized spacial score (nSPS) is 20.2. The summed E-state index contributed by atoms with van der Waals surface area (Å²) in [7, 11) is 3.60. The van der Waals surface area contributed by atoms with E-state index < -0.39 is 12.1 Å². The highest BCUT2D eigenvalue weighted by Crippen LogP contribution is 2.24. The molecule has 2 aromatic rings. The molecule has 2 atom stereocenters. The maximum absolute atomic E-state index is 12.9. The van der Waals surface area contributed by atoms with E-state index in [0.717, 1.165) is 16.8 Å². The third-order valence-corrected chi connectivity index (χ3v) is 4.54. The van der Waals surface area contributed by atoms with Gasteiger partial charge in [-0.25, -0.2) is 0 Å². The van der Waals surface area contributed by atoms with Gasteiger partial charge in [-0.1, -0.05) is 30.3 Å². The quantitative estimate of drug-likeness (QED) is 0.897. The minimum Gasteiger partial charge on any atom is -0.356 e. The van der Waals surface area contributed by atoms with Gasteiger partial charge in [-0.05, 0) is 12.5 Å². The molecule has 0 aliphatic carbocycles. The van der Waals surface area contributed by atoms with Crippen molar-refractivity contribution in [1.82, 2.24) is 20.0 Å². The number of rotatable bonds is 4. The van der Waals surface area contributed by atoms with E-state index in [9.17, 15) is 9.59 Å². The van der Waals surface area contributed by atoms with Crippen LogP contribution in [0.1, 0.15) is 22.9 Å². The van der Waals surface area contributed by atoms with E-state index in [1.807, 2.05) is 44.3 Å². The fourth-order valence-corrected chi connectivity index (χ4v) is 2.93. The van der Waals surface area contributed by atoms with Crippen LogP contribution >= 0.6 is 0 Å². The number of benzene rings is 1. The van der Waals surface area contributed by atoms with Crippen LogP contribution < -0.4 is 5.32 Å². The molecule has 2 unspecified atom stereocenters. The van der Waals surface area contributed by atoms with E-state index in [4.69, 9.17) is 4.74 Å². The lowest BCUT2D eigenvalue weighted by Gasteiger charge is -2.34. The molecule has 0 saturated carbocycles. The zero-order chi connectivity index (χ0) is 18.0. The second-order valence-electron chi connectivity index (χ2n) is 6.26. The Labute approximate surface area is 146 Å². The lowest BCUT2D eigenvalue weighted by molar-refractivity contribution is -0.154. The Morgan fingerprint density at radius 3 is 2.76 bits per heavy atom. The zero-order valence-electron chi connectivity index (χ0n) is 14.6. The van der Waals surface area contributed by atoms with Gasteiger partial charge in [0.05, 0.1) is 12.2 Å². The molecular formula is C18H22N4O3. The van der Waals surface area contributed by atoms with Crippen LogP contribution in [0.5, 0.6) is 0 Å². The summed E-state index contributed by atoms with van der Waals surface area (Å²) in [6.07, 6.45) is 1.01. The van der Waals surface area contributed by atoms with Crippen LogP contribution in [0.4, 0.5) is 0 Å². The van der Waals surface area contributed by atoms with Gasteiger partial charge in [-0.15, -0.1) is 0 Å². The van der Waals surface area contributed by atoms with Crippen molar-refractivity contribution in [2.75, 3.05) is 13.7 Å². The molecular weight excluding hydrogens is 320 g/mol. The first-order chi connectivity index (χ1) is 12.0. The molecule has 2 heterocycles. The molecule has 1 saturated heterocycles. The number of hydrogen-bond donors (Lipinski definition) is 1. The van der Waals surface area contributed by atoms with Gasteiger partial charge in [0.1, 0.15) is 6.61 Å². The van der Waals surface area contributed by atoms with Crippen molar-refractivity contribution in [2.45, 2.75) is 25.6 Å². The van der Waals surface area contributed by atoms with Crippen LogP contribution in [0.2, 0.25) is 0 Å². The Balaban J connectivity index is 1.78. The molecule has 25 heavy (non-hydrogen) atoms. The molecule has 7 heteroatoms. The molecule has 3 rings (SSSR count). The van der Waals surface area contributed by atoms with Crippen molar-refractivity contribution >= 4 is 11.8 Å². The smallest absolute Gasteiger partial charge is 0.254 e. The molecule has 1 aromatic heterocycles. The summed E-state index contributed by atoms with van der Waals surface area (Å²) < 4.78 is 7.36. The number of aromatic nitrogens is 2. The number of nitrogens with zero attached hydrogens (tertiary/aromatic N) is 3. The SMILES string of the molecule is Cc1c(CN(C)C(=O)C2OCC(=O)NC2c2ccccc2)cnn1C. The van der Waals surface area contributed by atoms with E-state index in [1.165, 1.54) is 0 Å². The number of nitrogens with one attached hydrogen (secondary N) is 1. The molecule has 0 bridgehead atoms. The highest BCUT2D eigenvalue weighted by molar-refractivity contribution is 5.86. The van der Waals surface area contributed by atoms with Gasteiger partial charge in [-0.3, -0.25) is 14.3 Å². The Morgan fingerprint density at radius 1 is 1.40 bits per heavy atom. The number of carbonyl (C=O) groups excluding carboxylic acids is 2. The van der Waals surface area contributed by atoms with E-state index in [-0.39, 0.29) is 18.4 Å². The van der Waals surface area contributed by atoms with Crippen molar-refractivity contribution in [3.8, 4) is 0 Å². The van der Waals surface area contributed by atoms with Gasteiger partial charge in [0.2, 0.25) is 5.91 Å². The van der Waals surface area contributed by atoms with Crippen LogP contribution in [0, 0.1) is 6.92 Å². The van der Waals surface area contributed by atoms with Gasteiger partial charge < -0.3 is 15.0 Å². The van der Waals surface area contributed by atoms with Crippen LogP contribution in [0.25, 0.3) is 0 Å². The standard InChI is InChI=1S/C18H22N4O3/c1-12-14(9-19-22(12)3)10-21(2)18(24)17-16(20-15(23)11-25-17)13-7-5-4-6-8-13/h4-9,16-17H,10-11H2,1-3H3,(H,20,23). The van der Waals surface area contributed by atoms with E-state index in [0.29, 0.717) is 6.54 Å². The highest BCUT2D eigenvalue weighted by atomic mass is 16.5. The van der Waals surface area contributed by atoms with Gasteiger partial charge >= 0.3 is 0 Å². The molecule has 1 aliphatic heterocycles. The Hall–Kier alpha value is -2.67. The van der Waals surface area contributed by atoms with Gasteiger partial charge in [-0.2, -0.15) is 5.10 Å². The van der Waals surface area contributed by atoms with E-state index in [1.54, 1.807) is 22.8 Å². The number of amides is 2. The first kappa shape index (κ1) is 17.2. The monoisotopic (exact) mass is 342 g/mol. The highest BCUT2D eigenvalue weighted by Gasteiger charge is 2.37. The van der Waals surface area contributed by atoms with Crippen LogP contribution in [0.3, 0.4) is 0 Å². The predicted octanol–water partition coefficient (Wildman–Crippen LogP) is 0.943. The first-order valence-corrected chi connectivity index (χ1v) is 8.15. The number of carbonyl (C=O) groups is 2. The van der Waals surface area contributed by atoms with Gasteiger partial charge in [0, 0.05) is 31.9 Å². The molecule has 132 valence electrons. The Kier molecular flexibility index (Phi) is 4.85. The molecule has 1 aliphatic rings. The Morgan fingerprint density at radius 2 is 2.12 bits per heavy atom. The van der Waals surface area contributed by atoms with Crippen LogP contribution in [-0.4, -0.2) is 46.3 Å². The van der Waals surface area contributed by atoms with Gasteiger partial charge in [0.15, 0.2) is 6.10 Å². The summed E-state index contributed by atoms with van der Waals surface area (Å²) in [4.78, 5) is 26.3. The molecule has 1 N–H and O–H groups in total. The average Bonchev–Trinajstić information content (AvgIpc) is 2.94. The summed E-state index contributed by atoms with van der Waals surface area (Å²) in [5.74, 6) is -0.388. The number of hydrogen-bond acceptors (Lipinski definition) is 4. The maximum Gasteiger partial charge on any atom is 0.254 e. The summed E-state index contributed by atoms with van der Waals surface area (Å²) in [5, 5.41) is 7.07. The fraction of sp³-hybridized carbons (Fsp3) is 0.389. The summed E-state index contributed by atoms with van der Waals surface area (Å²) in [6, 6.07) is 8.91. The minimum absolute atomic E-state index is 0.112. The molecule has 0 radical (unpaired) electrons. The summed E-state index contributed by atoms with van der Waals surface area (Å²) in [5.41, 5.74) is 2.84. The van der Waals surface area contributed by atoms with Crippen molar-refractivity contribution < 1.29 is 14.3 Å². The lowest BCUT2D eigenvalue weighted by atomic mass is 9.99. The molecule has 1 fully saturated rings. The van der Waals surface area contributed by atoms with Crippen LogP contribution in [-0.2, 0) is 27.9 Å². The molecule has 7 nitrogen and oxygen atoms in total. The zero-order valence-corrected chi connectivity index (χ0v) is 14.6. The third kappa shape index (κ3) is 3.56. The number of likely N-dealkylation sites (N-methyl/N-ethyl adjacent to an activating group) is 1. The van der Waals surface area contributed by atoms with Crippen molar-refractivity contribution in [1.29, 1.82) is 0 Å².